The van der Waals surface area contributed by atoms with Crippen LogP contribution in [0.4, 0.5) is 5.69 Å². The third-order valence-corrected chi connectivity index (χ3v) is 3.71. The van der Waals surface area contributed by atoms with Crippen molar-refractivity contribution in [2.45, 2.75) is 58.4 Å². The predicted octanol–water partition coefficient (Wildman–Crippen LogP) is 1.64. The van der Waals surface area contributed by atoms with Crippen LogP contribution in [0.2, 0.25) is 0 Å². The Hall–Kier alpha value is -2.19. The molecule has 2 N–H and O–H groups in total. The van der Waals surface area contributed by atoms with E-state index in [1.165, 1.54) is 27.3 Å². The molecule has 0 saturated heterocycles. The summed E-state index contributed by atoms with van der Waals surface area (Å²) in [4.78, 5) is 23.2. The summed E-state index contributed by atoms with van der Waals surface area (Å²) >= 11 is 0. The first-order valence-corrected chi connectivity index (χ1v) is 7.71. The van der Waals surface area contributed by atoms with Gasteiger partial charge in [0.1, 0.15) is 0 Å². The second kappa shape index (κ2) is 6.03. The lowest BCUT2D eigenvalue weighted by atomic mass is 10.1. The molecular weight excluding hydrogens is 314 g/mol. The Labute approximate surface area is 139 Å². The normalized spacial score (nSPS) is 12.8. The predicted molar refractivity (Wildman–Crippen MR) is 90.1 cm³/mol. The number of benzene rings is 1. The van der Waals surface area contributed by atoms with Crippen LogP contribution in [-0.4, -0.2) is 35.5 Å². The lowest BCUT2D eigenvalue weighted by molar-refractivity contribution is -0.384. The van der Waals surface area contributed by atoms with Gasteiger partial charge in [0.15, 0.2) is 0 Å². The molecule has 0 aliphatic heterocycles. The monoisotopic (exact) mass is 337 g/mol. The summed E-state index contributed by atoms with van der Waals surface area (Å²) < 4.78 is 2.81. The quantitative estimate of drug-likeness (QED) is 0.615. The molecule has 0 aliphatic rings. The van der Waals surface area contributed by atoms with Gasteiger partial charge in [0.05, 0.1) is 33.7 Å². The highest BCUT2D eigenvalue weighted by molar-refractivity contribution is 5.79. The minimum absolute atomic E-state index is 0.0651. The topological polar surface area (TPSA) is 111 Å². The Morgan fingerprint density at radius 2 is 1.71 bits per heavy atom. The number of aryl methyl sites for hydroxylation is 1. The average Bonchev–Trinajstić information content (AvgIpc) is 2.66. The van der Waals surface area contributed by atoms with Crippen LogP contribution in [0.25, 0.3) is 11.0 Å². The number of non-ortho nitro benzene ring substituents is 1. The van der Waals surface area contributed by atoms with Crippen LogP contribution < -0.4 is 5.69 Å². The molecule has 1 aromatic heterocycles. The second-order valence-corrected chi connectivity index (χ2v) is 7.33. The second-order valence-electron chi connectivity index (χ2n) is 7.33. The Morgan fingerprint density at radius 1 is 1.08 bits per heavy atom. The Balaban J connectivity index is 2.64. The maximum atomic E-state index is 12.7. The molecule has 0 atom stereocenters. The van der Waals surface area contributed by atoms with Crippen LogP contribution in [0.15, 0.2) is 23.0 Å². The van der Waals surface area contributed by atoms with Crippen molar-refractivity contribution in [1.82, 2.24) is 9.13 Å². The molecule has 24 heavy (non-hydrogen) atoms. The summed E-state index contributed by atoms with van der Waals surface area (Å²) in [5.41, 5.74) is -1.62. The number of hydrogen-bond acceptors (Lipinski definition) is 5. The van der Waals surface area contributed by atoms with E-state index in [0.717, 1.165) is 0 Å². The van der Waals surface area contributed by atoms with E-state index in [2.05, 4.69) is 0 Å². The van der Waals surface area contributed by atoms with Crippen molar-refractivity contribution in [2.75, 3.05) is 0 Å². The molecule has 8 nitrogen and oxygen atoms in total. The number of aliphatic hydroxyl groups is 2. The largest absolute Gasteiger partial charge is 0.390 e. The molecule has 2 rings (SSSR count). The van der Waals surface area contributed by atoms with Crippen LogP contribution in [-0.2, 0) is 13.1 Å². The van der Waals surface area contributed by atoms with Gasteiger partial charge in [-0.25, -0.2) is 4.79 Å². The van der Waals surface area contributed by atoms with E-state index in [0.29, 0.717) is 17.5 Å². The maximum Gasteiger partial charge on any atom is 0.329 e. The van der Waals surface area contributed by atoms with Gasteiger partial charge in [-0.15, -0.1) is 0 Å². The number of hydrogen-bond donors (Lipinski definition) is 2. The highest BCUT2D eigenvalue weighted by atomic mass is 16.6. The van der Waals surface area contributed by atoms with Gasteiger partial charge in [0.25, 0.3) is 5.69 Å². The van der Waals surface area contributed by atoms with Gasteiger partial charge >= 0.3 is 5.69 Å². The summed E-state index contributed by atoms with van der Waals surface area (Å²) in [5, 5.41) is 31.0. The summed E-state index contributed by atoms with van der Waals surface area (Å²) in [6.45, 7) is 6.73. The standard InChI is InChI=1S/C16H23N3O5/c1-15(2,21)7-8-17-13-9-11(19(23)24)5-6-12(13)18(14(17)20)10-16(3,4)22/h5-6,9,21-22H,7-8,10H2,1-4H3. The molecular formula is C16H23N3O5. The van der Waals surface area contributed by atoms with Crippen LogP contribution in [0.1, 0.15) is 34.1 Å². The smallest absolute Gasteiger partial charge is 0.329 e. The molecule has 1 aromatic carbocycles. The first kappa shape index (κ1) is 18.2. The van der Waals surface area contributed by atoms with E-state index in [-0.39, 0.29) is 24.5 Å². The molecule has 0 spiro atoms. The lowest BCUT2D eigenvalue weighted by Crippen LogP contribution is -2.34. The zero-order chi connectivity index (χ0) is 18.3. The molecule has 0 saturated carbocycles. The van der Waals surface area contributed by atoms with Gasteiger partial charge in [-0.05, 0) is 40.2 Å². The van der Waals surface area contributed by atoms with Crippen LogP contribution in [0.3, 0.4) is 0 Å². The molecule has 8 heteroatoms. The molecule has 132 valence electrons. The van der Waals surface area contributed by atoms with Gasteiger partial charge in [0.2, 0.25) is 0 Å². The minimum atomic E-state index is -1.11. The fraction of sp³-hybridized carbons (Fsp3) is 0.562. The molecule has 0 bridgehead atoms. The van der Waals surface area contributed by atoms with Crippen LogP contribution in [0, 0.1) is 10.1 Å². The molecule has 0 unspecified atom stereocenters. The SMILES string of the molecule is CC(C)(O)CCn1c(=O)n(CC(C)(C)O)c2ccc([N+](=O)[O-])cc21. The fourth-order valence-electron chi connectivity index (χ4n) is 2.56. The lowest BCUT2D eigenvalue weighted by Gasteiger charge is -2.18. The maximum absolute atomic E-state index is 12.7. The minimum Gasteiger partial charge on any atom is -0.390 e. The molecule has 2 aromatic rings. The Morgan fingerprint density at radius 3 is 2.21 bits per heavy atom. The van der Waals surface area contributed by atoms with Crippen molar-refractivity contribution in [2.24, 2.45) is 0 Å². The average molecular weight is 337 g/mol. The van der Waals surface area contributed by atoms with Gasteiger partial charge in [-0.3, -0.25) is 19.2 Å². The number of nitro groups is 1. The summed E-state index contributed by atoms with van der Waals surface area (Å²) in [7, 11) is 0. The van der Waals surface area contributed by atoms with Crippen molar-refractivity contribution < 1.29 is 15.1 Å². The number of fused-ring (bicyclic) bond motifs is 1. The number of aromatic nitrogens is 2. The van der Waals surface area contributed by atoms with E-state index in [1.807, 2.05) is 0 Å². The number of imidazole rings is 1. The number of nitro benzene ring substituents is 1. The third kappa shape index (κ3) is 4.01. The molecule has 0 fully saturated rings. The molecule has 0 radical (unpaired) electrons. The van der Waals surface area contributed by atoms with Crippen LogP contribution >= 0.6 is 0 Å². The van der Waals surface area contributed by atoms with Crippen LogP contribution in [0.5, 0.6) is 0 Å². The summed E-state index contributed by atoms with van der Waals surface area (Å²) in [5.74, 6) is 0. The first-order chi connectivity index (χ1) is 10.9. The Kier molecular flexibility index (Phi) is 4.56. The van der Waals surface area contributed by atoms with Crippen molar-refractivity contribution >= 4 is 16.7 Å². The van der Waals surface area contributed by atoms with E-state index in [9.17, 15) is 25.1 Å². The summed E-state index contributed by atoms with van der Waals surface area (Å²) in [6, 6.07) is 4.20. The zero-order valence-electron chi connectivity index (χ0n) is 14.3. The van der Waals surface area contributed by atoms with E-state index >= 15 is 0 Å². The van der Waals surface area contributed by atoms with E-state index in [1.54, 1.807) is 27.7 Å². The van der Waals surface area contributed by atoms with E-state index in [4.69, 9.17) is 0 Å². The molecule has 0 aliphatic carbocycles. The number of nitrogens with zero attached hydrogens (tertiary/aromatic N) is 3. The van der Waals surface area contributed by atoms with Gasteiger partial charge in [-0.2, -0.15) is 0 Å². The third-order valence-electron chi connectivity index (χ3n) is 3.71. The molecule has 1 heterocycles. The van der Waals surface area contributed by atoms with Crippen molar-refractivity contribution in [1.29, 1.82) is 0 Å². The Bertz CT molecular complexity index is 821. The van der Waals surface area contributed by atoms with Crippen molar-refractivity contribution in [3.05, 3.63) is 38.8 Å². The molecule has 0 amide bonds. The van der Waals surface area contributed by atoms with Crippen molar-refractivity contribution in [3.63, 3.8) is 0 Å². The van der Waals surface area contributed by atoms with Gasteiger partial charge < -0.3 is 10.2 Å². The zero-order valence-corrected chi connectivity index (χ0v) is 14.3. The van der Waals surface area contributed by atoms with Gasteiger partial charge in [-0.1, -0.05) is 0 Å². The summed E-state index contributed by atoms with van der Waals surface area (Å²) in [6.07, 6.45) is 0.317. The highest BCUT2D eigenvalue weighted by Gasteiger charge is 2.23. The first-order valence-electron chi connectivity index (χ1n) is 7.71. The van der Waals surface area contributed by atoms with Gasteiger partial charge in [0, 0.05) is 18.7 Å². The number of rotatable bonds is 6. The fourth-order valence-corrected chi connectivity index (χ4v) is 2.56. The van der Waals surface area contributed by atoms with E-state index < -0.39 is 16.1 Å². The van der Waals surface area contributed by atoms with Crippen molar-refractivity contribution in [3.8, 4) is 0 Å². The highest BCUT2D eigenvalue weighted by Crippen LogP contribution is 2.22.